The molecule has 0 unspecified atom stereocenters. The van der Waals surface area contributed by atoms with Crippen LogP contribution < -0.4 is 9.64 Å². The number of hydrogen-bond acceptors (Lipinski definition) is 7. The summed E-state index contributed by atoms with van der Waals surface area (Å²) in [5, 5.41) is 0.902. The van der Waals surface area contributed by atoms with Crippen molar-refractivity contribution in [2.75, 3.05) is 51.3 Å². The lowest BCUT2D eigenvalue weighted by Crippen LogP contribution is -2.49. The van der Waals surface area contributed by atoms with E-state index in [-0.39, 0.29) is 12.0 Å². The molecule has 0 spiro atoms. The SMILES string of the molecule is CCc1ccc(-c2cc(C(=O)N3CCN(c4ncc(F)cc4OC)CC3)cc3cc(C4=CCCN(C(=O)OC(C)(C)C)C4)[nH]c23)c(C)n1. The quantitative estimate of drug-likeness (QED) is 0.249. The van der Waals surface area contributed by atoms with Gasteiger partial charge in [-0.2, -0.15) is 0 Å². The number of carbonyl (C=O) groups excluding carboxylic acids is 2. The van der Waals surface area contributed by atoms with Crippen LogP contribution >= 0.6 is 0 Å². The molecule has 6 rings (SSSR count). The Morgan fingerprint density at radius 2 is 1.77 bits per heavy atom. The van der Waals surface area contributed by atoms with Crippen molar-refractivity contribution in [2.24, 2.45) is 0 Å². The molecule has 5 heterocycles. The van der Waals surface area contributed by atoms with Gasteiger partial charge in [0.1, 0.15) is 11.4 Å². The number of H-pyrrole nitrogens is 1. The zero-order chi connectivity index (χ0) is 34.2. The standard InChI is InChI=1S/C37H43FN6O4/c1-7-28-10-11-29(23(2)40-28)30-18-26(35(45)43-15-13-42(14-16-43)34-32(47-6)20-27(38)21-39-34)17-25-19-31(41-33(25)30)24-9-8-12-44(22-24)36(46)48-37(3,4)5/h9-11,17-21,41H,7-8,12-16,22H2,1-6H3. The van der Waals surface area contributed by atoms with Crippen LogP contribution in [0.4, 0.5) is 15.0 Å². The van der Waals surface area contributed by atoms with Gasteiger partial charge in [-0.25, -0.2) is 14.2 Å². The van der Waals surface area contributed by atoms with Gasteiger partial charge in [-0.05, 0) is 70.4 Å². The number of nitrogens with one attached hydrogen (secondary N) is 1. The third-order valence-corrected chi connectivity index (χ3v) is 8.81. The number of nitrogens with zero attached hydrogens (tertiary/aromatic N) is 5. The zero-order valence-electron chi connectivity index (χ0n) is 28.5. The maximum Gasteiger partial charge on any atom is 0.410 e. The Morgan fingerprint density at radius 3 is 2.46 bits per heavy atom. The first-order valence-corrected chi connectivity index (χ1v) is 16.5. The largest absolute Gasteiger partial charge is 0.493 e. The number of aromatic amines is 1. The molecule has 11 heteroatoms. The van der Waals surface area contributed by atoms with Crippen LogP contribution in [-0.4, -0.2) is 88.7 Å². The lowest BCUT2D eigenvalue weighted by atomic mass is 9.97. The number of carbonyl (C=O) groups is 2. The number of piperazine rings is 1. The maximum atomic E-state index is 14.1. The topological polar surface area (TPSA) is 104 Å². The van der Waals surface area contributed by atoms with E-state index in [0.29, 0.717) is 62.8 Å². The van der Waals surface area contributed by atoms with Crippen LogP contribution in [0.15, 0.2) is 48.7 Å². The molecule has 1 aromatic carbocycles. The van der Waals surface area contributed by atoms with Crippen LogP contribution in [-0.2, 0) is 11.2 Å². The molecule has 0 saturated carbocycles. The minimum Gasteiger partial charge on any atom is -0.493 e. The van der Waals surface area contributed by atoms with Crippen molar-refractivity contribution in [3.8, 4) is 16.9 Å². The Hall–Kier alpha value is -4.93. The minimum absolute atomic E-state index is 0.0663. The Kier molecular flexibility index (Phi) is 9.13. The molecule has 10 nitrogen and oxygen atoms in total. The summed E-state index contributed by atoms with van der Waals surface area (Å²) in [5.74, 6) is 0.408. The van der Waals surface area contributed by atoms with Gasteiger partial charge in [0.15, 0.2) is 11.6 Å². The summed E-state index contributed by atoms with van der Waals surface area (Å²) in [7, 11) is 1.49. The van der Waals surface area contributed by atoms with Gasteiger partial charge >= 0.3 is 6.09 Å². The molecule has 2 aliphatic rings. The van der Waals surface area contributed by atoms with E-state index >= 15 is 0 Å². The average molecular weight is 655 g/mol. The zero-order valence-corrected chi connectivity index (χ0v) is 28.5. The first kappa shape index (κ1) is 33.0. The highest BCUT2D eigenvalue weighted by Gasteiger charge is 2.28. The van der Waals surface area contributed by atoms with E-state index < -0.39 is 11.4 Å². The average Bonchev–Trinajstić information content (AvgIpc) is 3.51. The molecule has 2 aliphatic heterocycles. The maximum absolute atomic E-state index is 14.1. The lowest BCUT2D eigenvalue weighted by molar-refractivity contribution is 0.0273. The molecule has 0 bridgehead atoms. The number of aromatic nitrogens is 3. The highest BCUT2D eigenvalue weighted by atomic mass is 19.1. The molecule has 1 fully saturated rings. The van der Waals surface area contributed by atoms with E-state index in [1.165, 1.54) is 19.4 Å². The van der Waals surface area contributed by atoms with Crippen molar-refractivity contribution in [1.82, 2.24) is 24.8 Å². The number of fused-ring (bicyclic) bond motifs is 1. The fourth-order valence-electron chi connectivity index (χ4n) is 6.37. The van der Waals surface area contributed by atoms with Gasteiger partial charge in [-0.1, -0.05) is 19.1 Å². The van der Waals surface area contributed by atoms with Crippen LogP contribution in [0.25, 0.3) is 27.6 Å². The molecule has 252 valence electrons. The third kappa shape index (κ3) is 6.86. The van der Waals surface area contributed by atoms with E-state index in [0.717, 1.165) is 51.1 Å². The predicted octanol–water partition coefficient (Wildman–Crippen LogP) is 6.63. The number of aryl methyl sites for hydroxylation is 2. The fourth-order valence-corrected chi connectivity index (χ4v) is 6.37. The van der Waals surface area contributed by atoms with Crippen molar-refractivity contribution in [3.05, 3.63) is 77.1 Å². The molecule has 0 atom stereocenters. The predicted molar refractivity (Wildman–Crippen MR) is 185 cm³/mol. The molecule has 4 aromatic rings. The molecule has 0 radical (unpaired) electrons. The fraction of sp³-hybridized carbons (Fsp3) is 0.405. The Morgan fingerprint density at radius 1 is 1.00 bits per heavy atom. The van der Waals surface area contributed by atoms with E-state index in [1.54, 1.807) is 4.90 Å². The number of methoxy groups -OCH3 is 1. The van der Waals surface area contributed by atoms with Gasteiger partial charge in [0.2, 0.25) is 0 Å². The van der Waals surface area contributed by atoms with Gasteiger partial charge in [0, 0.05) is 77.9 Å². The van der Waals surface area contributed by atoms with Crippen molar-refractivity contribution in [3.63, 3.8) is 0 Å². The number of halogens is 1. The highest BCUT2D eigenvalue weighted by Crippen LogP contribution is 2.35. The summed E-state index contributed by atoms with van der Waals surface area (Å²) in [6.45, 7) is 12.7. The van der Waals surface area contributed by atoms with Crippen LogP contribution in [0, 0.1) is 12.7 Å². The van der Waals surface area contributed by atoms with Crippen LogP contribution in [0.1, 0.15) is 61.6 Å². The molecular weight excluding hydrogens is 611 g/mol. The summed E-state index contributed by atoms with van der Waals surface area (Å²) < 4.78 is 24.8. The summed E-state index contributed by atoms with van der Waals surface area (Å²) >= 11 is 0. The molecule has 0 aliphatic carbocycles. The van der Waals surface area contributed by atoms with E-state index in [4.69, 9.17) is 14.5 Å². The van der Waals surface area contributed by atoms with Gasteiger partial charge in [-0.3, -0.25) is 9.78 Å². The van der Waals surface area contributed by atoms with Crippen molar-refractivity contribution in [2.45, 2.75) is 53.1 Å². The second-order valence-electron chi connectivity index (χ2n) is 13.3. The summed E-state index contributed by atoms with van der Waals surface area (Å²) in [4.78, 5) is 45.3. The van der Waals surface area contributed by atoms with Gasteiger partial charge < -0.3 is 29.2 Å². The van der Waals surface area contributed by atoms with Gasteiger partial charge in [0.25, 0.3) is 5.91 Å². The van der Waals surface area contributed by atoms with Crippen molar-refractivity contribution < 1.29 is 23.5 Å². The first-order chi connectivity index (χ1) is 22.9. The molecule has 48 heavy (non-hydrogen) atoms. The number of amides is 2. The van der Waals surface area contributed by atoms with Crippen LogP contribution in [0.3, 0.4) is 0 Å². The number of hydrogen-bond donors (Lipinski definition) is 1. The highest BCUT2D eigenvalue weighted by molar-refractivity contribution is 6.05. The van der Waals surface area contributed by atoms with E-state index in [9.17, 15) is 14.0 Å². The molecule has 1 N–H and O–H groups in total. The Bertz CT molecular complexity index is 1890. The van der Waals surface area contributed by atoms with Crippen LogP contribution in [0.5, 0.6) is 5.75 Å². The number of benzene rings is 1. The van der Waals surface area contributed by atoms with Crippen LogP contribution in [0.2, 0.25) is 0 Å². The lowest BCUT2D eigenvalue weighted by Gasteiger charge is -2.36. The molecular formula is C37H43FN6O4. The van der Waals surface area contributed by atoms with Crippen molar-refractivity contribution in [1.29, 1.82) is 0 Å². The number of ether oxygens (including phenoxy) is 2. The summed E-state index contributed by atoms with van der Waals surface area (Å²) in [5.41, 5.74) is 6.56. The number of pyridine rings is 2. The first-order valence-electron chi connectivity index (χ1n) is 16.5. The monoisotopic (exact) mass is 654 g/mol. The number of rotatable bonds is 6. The third-order valence-electron chi connectivity index (χ3n) is 8.81. The minimum atomic E-state index is -0.575. The van der Waals surface area contributed by atoms with Gasteiger partial charge in [0.05, 0.1) is 25.4 Å². The second kappa shape index (κ2) is 13.3. The molecule has 1 saturated heterocycles. The number of anilines is 1. The van der Waals surface area contributed by atoms with E-state index in [1.807, 2.05) is 55.7 Å². The second-order valence-corrected chi connectivity index (χ2v) is 13.3. The van der Waals surface area contributed by atoms with E-state index in [2.05, 4.69) is 35.1 Å². The normalized spacial score (nSPS) is 15.5. The summed E-state index contributed by atoms with van der Waals surface area (Å²) in [6, 6.07) is 11.4. The molecule has 2 amide bonds. The summed E-state index contributed by atoms with van der Waals surface area (Å²) in [6.07, 6.45) is 4.55. The smallest absolute Gasteiger partial charge is 0.410 e. The Labute approximate surface area is 280 Å². The Balaban J connectivity index is 1.31. The van der Waals surface area contributed by atoms with Crippen molar-refractivity contribution >= 4 is 34.3 Å². The van der Waals surface area contributed by atoms with Gasteiger partial charge in [-0.15, -0.1) is 0 Å². The molecule has 3 aromatic heterocycles.